The van der Waals surface area contributed by atoms with Gasteiger partial charge in [0.15, 0.2) is 5.82 Å². The summed E-state index contributed by atoms with van der Waals surface area (Å²) in [7, 11) is 0. The van der Waals surface area contributed by atoms with Crippen molar-refractivity contribution >= 4 is 5.97 Å². The summed E-state index contributed by atoms with van der Waals surface area (Å²) in [5.41, 5.74) is 1.21. The van der Waals surface area contributed by atoms with Crippen LogP contribution in [-0.4, -0.2) is 30.8 Å². The number of aromatic nitrogens is 4. The first-order valence-corrected chi connectivity index (χ1v) is 6.47. The van der Waals surface area contributed by atoms with Crippen LogP contribution in [0.4, 0.5) is 0 Å². The van der Waals surface area contributed by atoms with E-state index in [2.05, 4.69) is 19.6 Å². The lowest BCUT2D eigenvalue weighted by atomic mass is 9.98. The molecule has 8 heteroatoms. The summed E-state index contributed by atoms with van der Waals surface area (Å²) in [6.07, 6.45) is 1.62. The fourth-order valence-corrected chi connectivity index (χ4v) is 2.34. The van der Waals surface area contributed by atoms with Crippen molar-refractivity contribution in [1.29, 1.82) is 0 Å². The third-order valence-electron chi connectivity index (χ3n) is 3.45. The van der Waals surface area contributed by atoms with Gasteiger partial charge in [0, 0.05) is 29.9 Å². The molecule has 112 valence electrons. The van der Waals surface area contributed by atoms with Gasteiger partial charge in [0.1, 0.15) is 0 Å². The normalized spacial score (nSPS) is 12.3. The molecule has 0 aromatic carbocycles. The van der Waals surface area contributed by atoms with Gasteiger partial charge in [0.05, 0.1) is 5.92 Å². The van der Waals surface area contributed by atoms with Crippen molar-refractivity contribution in [2.24, 2.45) is 0 Å². The Labute approximate surface area is 120 Å². The van der Waals surface area contributed by atoms with Crippen LogP contribution in [0.25, 0.3) is 0 Å². The average Bonchev–Trinajstić information content (AvgIpc) is 2.90. The van der Waals surface area contributed by atoms with Gasteiger partial charge >= 0.3 is 11.7 Å². The Morgan fingerprint density at radius 3 is 2.76 bits per heavy atom. The zero-order valence-electron chi connectivity index (χ0n) is 12.0. The lowest BCUT2D eigenvalue weighted by molar-refractivity contribution is -0.138. The molecule has 1 N–H and O–H groups in total. The third-order valence-corrected chi connectivity index (χ3v) is 3.45. The number of hydrogen-bond acceptors (Lipinski definition) is 6. The predicted octanol–water partition coefficient (Wildman–Crippen LogP) is 0.674. The van der Waals surface area contributed by atoms with Crippen molar-refractivity contribution < 1.29 is 14.4 Å². The van der Waals surface area contributed by atoms with Crippen molar-refractivity contribution in [3.63, 3.8) is 0 Å². The molecule has 0 amide bonds. The van der Waals surface area contributed by atoms with Gasteiger partial charge in [-0.3, -0.25) is 9.36 Å². The molecule has 2 rings (SSSR count). The highest BCUT2D eigenvalue weighted by Gasteiger charge is 2.22. The number of aliphatic carboxylic acids is 1. The molecule has 8 nitrogen and oxygen atoms in total. The van der Waals surface area contributed by atoms with E-state index in [1.807, 2.05) is 0 Å². The zero-order chi connectivity index (χ0) is 15.6. The monoisotopic (exact) mass is 292 g/mol. The zero-order valence-corrected chi connectivity index (χ0v) is 12.0. The number of hydrogen-bond donors (Lipinski definition) is 1. The molecular formula is C13H16N4O4. The van der Waals surface area contributed by atoms with E-state index in [1.165, 1.54) is 11.0 Å². The van der Waals surface area contributed by atoms with Crippen molar-refractivity contribution in [2.45, 2.75) is 39.7 Å². The van der Waals surface area contributed by atoms with E-state index >= 15 is 0 Å². The van der Waals surface area contributed by atoms with Crippen LogP contribution in [0.1, 0.15) is 35.6 Å². The summed E-state index contributed by atoms with van der Waals surface area (Å²) in [5.74, 6) is -1.20. The van der Waals surface area contributed by atoms with E-state index in [1.54, 1.807) is 20.8 Å². The van der Waals surface area contributed by atoms with E-state index in [4.69, 9.17) is 0 Å². The number of rotatable bonds is 5. The highest BCUT2D eigenvalue weighted by molar-refractivity contribution is 5.76. The number of carbonyl (C=O) groups is 1. The molecule has 1 unspecified atom stereocenters. The second-order valence-electron chi connectivity index (χ2n) is 4.79. The second-order valence-corrected chi connectivity index (χ2v) is 4.79. The average molecular weight is 292 g/mol. The number of nitrogens with zero attached hydrogens (tertiary/aromatic N) is 4. The maximum absolute atomic E-state index is 12.0. The maximum Gasteiger partial charge on any atom is 0.347 e. The molecule has 0 aliphatic carbocycles. The molecule has 0 aliphatic heterocycles. The van der Waals surface area contributed by atoms with E-state index in [-0.39, 0.29) is 0 Å². The summed E-state index contributed by atoms with van der Waals surface area (Å²) >= 11 is 0. The first-order valence-electron chi connectivity index (χ1n) is 6.47. The van der Waals surface area contributed by atoms with Gasteiger partial charge in [-0.1, -0.05) is 5.16 Å². The van der Waals surface area contributed by atoms with Gasteiger partial charge < -0.3 is 9.63 Å². The quantitative estimate of drug-likeness (QED) is 0.862. The summed E-state index contributed by atoms with van der Waals surface area (Å²) in [6.45, 7) is 5.26. The standard InChI is InChI=1S/C13H16N4O4/c1-7(12(18)19)11-8(2)15-13(20)17(9(11)3)5-4-10-14-6-21-16-10/h6-7H,4-5H2,1-3H3,(H,18,19). The summed E-state index contributed by atoms with van der Waals surface area (Å²) in [6, 6.07) is 0. The smallest absolute Gasteiger partial charge is 0.347 e. The SMILES string of the molecule is Cc1nc(=O)n(CCc2ncon2)c(C)c1C(C)C(=O)O. The molecule has 2 heterocycles. The minimum Gasteiger partial charge on any atom is -0.481 e. The lowest BCUT2D eigenvalue weighted by Gasteiger charge is -2.17. The third kappa shape index (κ3) is 2.99. The predicted molar refractivity (Wildman–Crippen MR) is 72.0 cm³/mol. The highest BCUT2D eigenvalue weighted by atomic mass is 16.5. The molecular weight excluding hydrogens is 276 g/mol. The van der Waals surface area contributed by atoms with Crippen LogP contribution in [0.3, 0.4) is 0 Å². The fraction of sp³-hybridized carbons (Fsp3) is 0.462. The highest BCUT2D eigenvalue weighted by Crippen LogP contribution is 2.21. The Morgan fingerprint density at radius 2 is 2.19 bits per heavy atom. The largest absolute Gasteiger partial charge is 0.481 e. The fourth-order valence-electron chi connectivity index (χ4n) is 2.34. The van der Waals surface area contributed by atoms with E-state index in [0.29, 0.717) is 35.7 Å². The summed E-state index contributed by atoms with van der Waals surface area (Å²) < 4.78 is 6.08. The van der Waals surface area contributed by atoms with Crippen LogP contribution in [0.2, 0.25) is 0 Å². The van der Waals surface area contributed by atoms with Crippen molar-refractivity contribution in [3.05, 3.63) is 39.7 Å². The van der Waals surface area contributed by atoms with Gasteiger partial charge in [-0.25, -0.2) is 4.79 Å². The molecule has 0 saturated carbocycles. The Hall–Kier alpha value is -2.51. The van der Waals surface area contributed by atoms with Crippen LogP contribution in [0.5, 0.6) is 0 Å². The molecule has 0 radical (unpaired) electrons. The van der Waals surface area contributed by atoms with Crippen molar-refractivity contribution in [1.82, 2.24) is 19.7 Å². The van der Waals surface area contributed by atoms with Crippen LogP contribution in [0, 0.1) is 13.8 Å². The van der Waals surface area contributed by atoms with E-state index in [9.17, 15) is 14.7 Å². The lowest BCUT2D eigenvalue weighted by Crippen LogP contribution is -2.30. The Bertz CT molecular complexity index is 706. The van der Waals surface area contributed by atoms with Gasteiger partial charge in [-0.05, 0) is 20.8 Å². The molecule has 0 bridgehead atoms. The van der Waals surface area contributed by atoms with Crippen LogP contribution in [-0.2, 0) is 17.8 Å². The van der Waals surface area contributed by atoms with Crippen molar-refractivity contribution in [2.75, 3.05) is 0 Å². The topological polar surface area (TPSA) is 111 Å². The Kier molecular flexibility index (Phi) is 4.15. The maximum atomic E-state index is 12.0. The van der Waals surface area contributed by atoms with E-state index in [0.717, 1.165) is 0 Å². The molecule has 0 fully saturated rings. The first-order chi connectivity index (χ1) is 9.91. The van der Waals surface area contributed by atoms with Crippen molar-refractivity contribution in [3.8, 4) is 0 Å². The Morgan fingerprint density at radius 1 is 1.48 bits per heavy atom. The summed E-state index contributed by atoms with van der Waals surface area (Å²) in [4.78, 5) is 31.0. The van der Waals surface area contributed by atoms with E-state index < -0.39 is 17.6 Å². The van der Waals surface area contributed by atoms with Gasteiger partial charge in [0.2, 0.25) is 6.39 Å². The molecule has 2 aromatic rings. The minimum absolute atomic E-state index is 0.316. The first kappa shape index (κ1) is 14.9. The van der Waals surface area contributed by atoms with Crippen LogP contribution < -0.4 is 5.69 Å². The second kappa shape index (κ2) is 5.86. The molecule has 1 atom stereocenters. The van der Waals surface area contributed by atoms with Gasteiger partial charge in [-0.15, -0.1) is 0 Å². The van der Waals surface area contributed by atoms with Gasteiger partial charge in [0.25, 0.3) is 0 Å². The van der Waals surface area contributed by atoms with Gasteiger partial charge in [-0.2, -0.15) is 9.97 Å². The molecule has 0 saturated heterocycles. The molecule has 0 spiro atoms. The van der Waals surface area contributed by atoms with Crippen LogP contribution in [0.15, 0.2) is 15.7 Å². The summed E-state index contributed by atoms with van der Waals surface area (Å²) in [5, 5.41) is 12.9. The Balaban J connectivity index is 2.39. The number of carboxylic acid groups (broad SMARTS) is 1. The molecule has 2 aromatic heterocycles. The number of aryl methyl sites for hydroxylation is 2. The minimum atomic E-state index is -0.952. The number of carboxylic acids is 1. The molecule has 21 heavy (non-hydrogen) atoms. The van der Waals surface area contributed by atoms with Crippen LogP contribution >= 0.6 is 0 Å². The molecule has 0 aliphatic rings.